The molecule has 3 N–H and O–H groups in total. The first-order valence-electron chi connectivity index (χ1n) is 5.78. The molecule has 0 radical (unpaired) electrons. The number of carbonyl (C=O) groups is 1. The summed E-state index contributed by atoms with van der Waals surface area (Å²) >= 11 is 0. The summed E-state index contributed by atoms with van der Waals surface area (Å²) in [6, 6.07) is 8.39. The lowest BCUT2D eigenvalue weighted by Crippen LogP contribution is -2.55. The number of nitrogens with two attached hydrogens (primary N) is 1. The zero-order valence-electron chi connectivity index (χ0n) is 10.2. The first kappa shape index (κ1) is 11.9. The summed E-state index contributed by atoms with van der Waals surface area (Å²) in [4.78, 5) is 13.2. The number of aliphatic carboxylic acids is 1. The third-order valence-corrected chi connectivity index (χ3v) is 3.34. The molecule has 92 valence electrons. The molecule has 0 saturated carbocycles. The van der Waals surface area contributed by atoms with Gasteiger partial charge in [-0.25, -0.2) is 0 Å². The Balaban J connectivity index is 2.26. The van der Waals surface area contributed by atoms with Crippen molar-refractivity contribution < 1.29 is 9.90 Å². The maximum absolute atomic E-state index is 11.1. The van der Waals surface area contributed by atoms with E-state index in [0.29, 0.717) is 12.6 Å². The third-order valence-electron chi connectivity index (χ3n) is 3.34. The van der Waals surface area contributed by atoms with Gasteiger partial charge in [0.2, 0.25) is 0 Å². The van der Waals surface area contributed by atoms with Crippen molar-refractivity contribution in [1.82, 2.24) is 0 Å². The van der Waals surface area contributed by atoms with E-state index in [0.717, 1.165) is 12.1 Å². The van der Waals surface area contributed by atoms with Crippen molar-refractivity contribution in [3.63, 3.8) is 0 Å². The molecule has 1 aliphatic heterocycles. The molecule has 0 aliphatic carbocycles. The lowest BCUT2D eigenvalue weighted by molar-refractivity contribution is -0.142. The Labute approximate surface area is 101 Å². The van der Waals surface area contributed by atoms with Crippen molar-refractivity contribution in [1.29, 1.82) is 0 Å². The van der Waals surface area contributed by atoms with Crippen LogP contribution in [0.4, 0.5) is 5.69 Å². The Bertz CT molecular complexity index is 443. The molecule has 0 spiro atoms. The van der Waals surface area contributed by atoms with Gasteiger partial charge in [0.25, 0.3) is 0 Å². The van der Waals surface area contributed by atoms with Crippen LogP contribution in [0.25, 0.3) is 0 Å². The van der Waals surface area contributed by atoms with E-state index in [1.807, 2.05) is 18.2 Å². The standard InChI is InChI=1S/C13H18N2O2/c1-9-7-10-5-3-4-6-11(10)15(9)8-13(2,14)12(16)17/h3-6,9H,7-8,14H2,1-2H3,(H,16,17). The van der Waals surface area contributed by atoms with Gasteiger partial charge in [0, 0.05) is 18.3 Å². The number of benzene rings is 1. The lowest BCUT2D eigenvalue weighted by Gasteiger charge is -2.31. The average Bonchev–Trinajstić information content (AvgIpc) is 2.55. The van der Waals surface area contributed by atoms with Gasteiger partial charge in [-0.1, -0.05) is 18.2 Å². The van der Waals surface area contributed by atoms with Crippen LogP contribution in [0.1, 0.15) is 19.4 Å². The minimum atomic E-state index is -1.22. The molecule has 2 unspecified atom stereocenters. The number of fused-ring (bicyclic) bond motifs is 1. The Kier molecular flexibility index (Phi) is 2.83. The van der Waals surface area contributed by atoms with Crippen LogP contribution in [0.2, 0.25) is 0 Å². The fourth-order valence-electron chi connectivity index (χ4n) is 2.29. The predicted octanol–water partition coefficient (Wildman–Crippen LogP) is 1.24. The van der Waals surface area contributed by atoms with Crippen LogP contribution in [0.5, 0.6) is 0 Å². The van der Waals surface area contributed by atoms with Gasteiger partial charge < -0.3 is 15.7 Å². The smallest absolute Gasteiger partial charge is 0.325 e. The summed E-state index contributed by atoms with van der Waals surface area (Å²) in [5, 5.41) is 9.08. The Hall–Kier alpha value is -1.55. The van der Waals surface area contributed by atoms with Crippen molar-refractivity contribution in [3.8, 4) is 0 Å². The summed E-state index contributed by atoms with van der Waals surface area (Å²) in [6.07, 6.45) is 0.950. The van der Waals surface area contributed by atoms with Crippen molar-refractivity contribution in [2.75, 3.05) is 11.4 Å². The highest BCUT2D eigenvalue weighted by atomic mass is 16.4. The number of hydrogen-bond donors (Lipinski definition) is 2. The molecule has 2 atom stereocenters. The zero-order chi connectivity index (χ0) is 12.6. The van der Waals surface area contributed by atoms with Crippen molar-refractivity contribution >= 4 is 11.7 Å². The molecular weight excluding hydrogens is 216 g/mol. The second-order valence-electron chi connectivity index (χ2n) is 5.03. The van der Waals surface area contributed by atoms with E-state index in [-0.39, 0.29) is 0 Å². The van der Waals surface area contributed by atoms with E-state index >= 15 is 0 Å². The Morgan fingerprint density at radius 2 is 2.24 bits per heavy atom. The first-order valence-corrected chi connectivity index (χ1v) is 5.78. The minimum absolute atomic E-state index is 0.301. The van der Waals surface area contributed by atoms with Gasteiger partial charge >= 0.3 is 5.97 Å². The molecule has 1 heterocycles. The lowest BCUT2D eigenvalue weighted by atomic mass is 10.0. The van der Waals surface area contributed by atoms with E-state index in [1.54, 1.807) is 6.92 Å². The summed E-state index contributed by atoms with van der Waals surface area (Å²) in [7, 11) is 0. The summed E-state index contributed by atoms with van der Waals surface area (Å²) in [5.41, 5.74) is 6.98. The molecule has 0 amide bonds. The van der Waals surface area contributed by atoms with Crippen molar-refractivity contribution in [2.45, 2.75) is 31.8 Å². The maximum atomic E-state index is 11.1. The van der Waals surface area contributed by atoms with Gasteiger partial charge in [-0.05, 0) is 31.9 Å². The number of carboxylic acids is 1. The average molecular weight is 234 g/mol. The van der Waals surface area contributed by atoms with Gasteiger partial charge in [-0.15, -0.1) is 0 Å². The van der Waals surface area contributed by atoms with Crippen LogP contribution >= 0.6 is 0 Å². The Morgan fingerprint density at radius 3 is 2.88 bits per heavy atom. The molecule has 0 fully saturated rings. The van der Waals surface area contributed by atoms with Crippen LogP contribution < -0.4 is 10.6 Å². The van der Waals surface area contributed by atoms with Crippen LogP contribution in [-0.2, 0) is 11.2 Å². The molecular formula is C13H18N2O2. The number of nitrogens with zero attached hydrogens (tertiary/aromatic N) is 1. The van der Waals surface area contributed by atoms with Gasteiger partial charge in [0.1, 0.15) is 5.54 Å². The van der Waals surface area contributed by atoms with Crippen molar-refractivity contribution in [2.24, 2.45) is 5.73 Å². The number of hydrogen-bond acceptors (Lipinski definition) is 3. The molecule has 0 bridgehead atoms. The van der Waals surface area contributed by atoms with E-state index in [1.165, 1.54) is 5.56 Å². The van der Waals surface area contributed by atoms with Crippen LogP contribution in [0.15, 0.2) is 24.3 Å². The minimum Gasteiger partial charge on any atom is -0.480 e. The van der Waals surface area contributed by atoms with Gasteiger partial charge in [-0.3, -0.25) is 4.79 Å². The number of anilines is 1. The largest absolute Gasteiger partial charge is 0.480 e. The highest BCUT2D eigenvalue weighted by Crippen LogP contribution is 2.32. The highest BCUT2D eigenvalue weighted by molar-refractivity contribution is 5.79. The normalized spacial score (nSPS) is 22.1. The molecule has 4 nitrogen and oxygen atoms in total. The molecule has 0 aromatic heterocycles. The number of carboxylic acid groups (broad SMARTS) is 1. The highest BCUT2D eigenvalue weighted by Gasteiger charge is 2.35. The van der Waals surface area contributed by atoms with E-state index in [4.69, 9.17) is 10.8 Å². The molecule has 2 rings (SSSR count). The molecule has 1 aromatic rings. The number of rotatable bonds is 3. The molecule has 0 saturated heterocycles. The van der Waals surface area contributed by atoms with E-state index < -0.39 is 11.5 Å². The molecule has 17 heavy (non-hydrogen) atoms. The van der Waals surface area contributed by atoms with E-state index in [2.05, 4.69) is 17.9 Å². The van der Waals surface area contributed by atoms with Crippen LogP contribution in [0, 0.1) is 0 Å². The maximum Gasteiger partial charge on any atom is 0.325 e. The SMILES string of the molecule is CC1Cc2ccccc2N1CC(C)(N)C(=O)O. The van der Waals surface area contributed by atoms with Crippen LogP contribution in [-0.4, -0.2) is 29.2 Å². The van der Waals surface area contributed by atoms with Gasteiger partial charge in [0.05, 0.1) is 0 Å². The van der Waals surface area contributed by atoms with Crippen LogP contribution in [0.3, 0.4) is 0 Å². The van der Waals surface area contributed by atoms with Gasteiger partial charge in [-0.2, -0.15) is 0 Å². The summed E-state index contributed by atoms with van der Waals surface area (Å²) in [6.45, 7) is 3.99. The van der Waals surface area contributed by atoms with Crippen molar-refractivity contribution in [3.05, 3.63) is 29.8 Å². The second-order valence-corrected chi connectivity index (χ2v) is 5.03. The topological polar surface area (TPSA) is 66.6 Å². The fraction of sp³-hybridized carbons (Fsp3) is 0.462. The Morgan fingerprint density at radius 1 is 1.59 bits per heavy atom. The summed E-state index contributed by atoms with van der Waals surface area (Å²) < 4.78 is 0. The fourth-order valence-corrected chi connectivity index (χ4v) is 2.29. The first-order chi connectivity index (χ1) is 7.92. The quantitative estimate of drug-likeness (QED) is 0.825. The second kappa shape index (κ2) is 4.04. The van der Waals surface area contributed by atoms with E-state index in [9.17, 15) is 4.79 Å². The molecule has 1 aromatic carbocycles. The predicted molar refractivity (Wildman–Crippen MR) is 67.2 cm³/mol. The monoisotopic (exact) mass is 234 g/mol. The number of para-hydroxylation sites is 1. The summed E-state index contributed by atoms with van der Waals surface area (Å²) in [5.74, 6) is -0.964. The molecule has 4 heteroatoms. The zero-order valence-corrected chi connectivity index (χ0v) is 10.2. The van der Waals surface area contributed by atoms with Gasteiger partial charge in [0.15, 0.2) is 0 Å². The third kappa shape index (κ3) is 2.13. The molecule has 1 aliphatic rings.